The van der Waals surface area contributed by atoms with E-state index in [1.165, 1.54) is 70.6 Å². The molecule has 1 fully saturated rings. The monoisotopic (exact) mass is 356 g/mol. The van der Waals surface area contributed by atoms with Gasteiger partial charge in [-0.2, -0.15) is 0 Å². The summed E-state index contributed by atoms with van der Waals surface area (Å²) in [6.45, 7) is 14.9. The highest BCUT2D eigenvalue weighted by molar-refractivity contribution is 6.74. The van der Waals surface area contributed by atoms with Gasteiger partial charge in [0.15, 0.2) is 8.32 Å². The fourth-order valence-electron chi connectivity index (χ4n) is 2.98. The SMILES string of the molecule is CCCCCCCCCCCC[C@@H](O[Si](C)(C)C(C)(C)C)[C@@H]1CO1. The van der Waals surface area contributed by atoms with Gasteiger partial charge < -0.3 is 9.16 Å². The van der Waals surface area contributed by atoms with Gasteiger partial charge in [0.25, 0.3) is 0 Å². The quantitative estimate of drug-likeness (QED) is 0.188. The Kier molecular flexibility index (Phi) is 10.1. The number of hydrogen-bond donors (Lipinski definition) is 0. The second-order valence-electron chi connectivity index (χ2n) is 9.26. The molecule has 0 bridgehead atoms. The molecule has 1 saturated heterocycles. The molecule has 1 aliphatic rings. The van der Waals surface area contributed by atoms with Gasteiger partial charge in [-0.1, -0.05) is 91.9 Å². The van der Waals surface area contributed by atoms with Crippen LogP contribution in [0.2, 0.25) is 18.1 Å². The Labute approximate surface area is 153 Å². The van der Waals surface area contributed by atoms with Crippen molar-refractivity contribution in [2.75, 3.05) is 6.61 Å². The van der Waals surface area contributed by atoms with Crippen LogP contribution in [0.3, 0.4) is 0 Å². The molecule has 0 N–H and O–H groups in total. The minimum atomic E-state index is -1.67. The van der Waals surface area contributed by atoms with Crippen molar-refractivity contribution in [1.82, 2.24) is 0 Å². The summed E-state index contributed by atoms with van der Waals surface area (Å²) >= 11 is 0. The smallest absolute Gasteiger partial charge is 0.192 e. The Bertz CT molecular complexity index is 318. The van der Waals surface area contributed by atoms with Crippen molar-refractivity contribution in [1.29, 1.82) is 0 Å². The van der Waals surface area contributed by atoms with Crippen LogP contribution >= 0.6 is 0 Å². The van der Waals surface area contributed by atoms with Gasteiger partial charge in [0.1, 0.15) is 6.10 Å². The number of rotatable bonds is 14. The van der Waals surface area contributed by atoms with E-state index >= 15 is 0 Å². The summed E-state index contributed by atoms with van der Waals surface area (Å²) in [7, 11) is -1.67. The Morgan fingerprint density at radius 2 is 1.38 bits per heavy atom. The molecule has 0 aromatic carbocycles. The van der Waals surface area contributed by atoms with Gasteiger partial charge in [0, 0.05) is 0 Å². The summed E-state index contributed by atoms with van der Waals surface area (Å²) in [4.78, 5) is 0. The molecule has 0 amide bonds. The van der Waals surface area contributed by atoms with E-state index < -0.39 is 8.32 Å². The van der Waals surface area contributed by atoms with Crippen LogP contribution in [0.15, 0.2) is 0 Å². The average Bonchev–Trinajstić information content (AvgIpc) is 3.31. The summed E-state index contributed by atoms with van der Waals surface area (Å²) in [6, 6.07) is 0. The summed E-state index contributed by atoms with van der Waals surface area (Å²) in [5.41, 5.74) is 0. The van der Waals surface area contributed by atoms with Crippen molar-refractivity contribution in [3.8, 4) is 0 Å². The first-order valence-electron chi connectivity index (χ1n) is 10.6. The maximum absolute atomic E-state index is 6.62. The molecule has 1 heterocycles. The first-order valence-corrected chi connectivity index (χ1v) is 13.5. The normalized spacial score (nSPS) is 19.5. The molecule has 24 heavy (non-hydrogen) atoms. The first kappa shape index (κ1) is 22.2. The number of hydrogen-bond acceptors (Lipinski definition) is 2. The molecule has 144 valence electrons. The highest BCUT2D eigenvalue weighted by Crippen LogP contribution is 2.39. The van der Waals surface area contributed by atoms with Crippen LogP contribution in [0, 0.1) is 0 Å². The van der Waals surface area contributed by atoms with Crippen LogP contribution in [0.1, 0.15) is 98.3 Å². The first-order chi connectivity index (χ1) is 11.3. The van der Waals surface area contributed by atoms with Crippen LogP contribution < -0.4 is 0 Å². The molecule has 1 aliphatic heterocycles. The zero-order valence-electron chi connectivity index (χ0n) is 17.5. The molecule has 0 saturated carbocycles. The molecule has 0 spiro atoms. The fraction of sp³-hybridized carbons (Fsp3) is 1.00. The maximum atomic E-state index is 6.62. The standard InChI is InChI=1S/C21H44O2Si/c1-7-8-9-10-11-12-13-14-15-16-17-19(20-18-22-20)23-24(5,6)21(2,3)4/h19-20H,7-18H2,1-6H3/t19-,20+/m1/s1. The topological polar surface area (TPSA) is 21.8 Å². The highest BCUT2D eigenvalue weighted by atomic mass is 28.4. The lowest BCUT2D eigenvalue weighted by molar-refractivity contribution is 0.131. The molecule has 3 heteroatoms. The van der Waals surface area contributed by atoms with E-state index in [2.05, 4.69) is 40.8 Å². The second-order valence-corrected chi connectivity index (χ2v) is 14.0. The molecule has 2 atom stereocenters. The molecule has 0 radical (unpaired) electrons. The fourth-order valence-corrected chi connectivity index (χ4v) is 4.36. The Balaban J connectivity index is 2.11. The van der Waals surface area contributed by atoms with E-state index in [-0.39, 0.29) is 5.04 Å². The van der Waals surface area contributed by atoms with Crippen LogP contribution in [-0.4, -0.2) is 27.1 Å². The Hall–Kier alpha value is 0.137. The average molecular weight is 357 g/mol. The van der Waals surface area contributed by atoms with Crippen LogP contribution in [0.25, 0.3) is 0 Å². The van der Waals surface area contributed by atoms with Crippen molar-refractivity contribution in [2.24, 2.45) is 0 Å². The van der Waals surface area contributed by atoms with E-state index in [0.29, 0.717) is 12.2 Å². The van der Waals surface area contributed by atoms with E-state index in [1.54, 1.807) is 0 Å². The largest absolute Gasteiger partial charge is 0.411 e. The van der Waals surface area contributed by atoms with Crippen molar-refractivity contribution in [3.05, 3.63) is 0 Å². The van der Waals surface area contributed by atoms with E-state index in [4.69, 9.17) is 9.16 Å². The molecule has 1 rings (SSSR count). The lowest BCUT2D eigenvalue weighted by atomic mass is 10.0. The molecule has 0 aromatic rings. The van der Waals surface area contributed by atoms with Crippen molar-refractivity contribution in [3.63, 3.8) is 0 Å². The van der Waals surface area contributed by atoms with Crippen molar-refractivity contribution >= 4 is 8.32 Å². The van der Waals surface area contributed by atoms with Gasteiger partial charge in [-0.25, -0.2) is 0 Å². The number of unbranched alkanes of at least 4 members (excludes halogenated alkanes) is 9. The Morgan fingerprint density at radius 1 is 0.917 bits per heavy atom. The zero-order chi connectivity index (χ0) is 18.1. The summed E-state index contributed by atoms with van der Waals surface area (Å²) in [6.07, 6.45) is 15.9. The molecular weight excluding hydrogens is 312 g/mol. The Morgan fingerprint density at radius 3 is 1.79 bits per heavy atom. The highest BCUT2D eigenvalue weighted by Gasteiger charge is 2.43. The zero-order valence-corrected chi connectivity index (χ0v) is 18.5. The van der Waals surface area contributed by atoms with Gasteiger partial charge in [-0.3, -0.25) is 0 Å². The van der Waals surface area contributed by atoms with Crippen molar-refractivity contribution in [2.45, 2.75) is 129 Å². The summed E-state index contributed by atoms with van der Waals surface area (Å²) in [5, 5.41) is 0.290. The van der Waals surface area contributed by atoms with Crippen LogP contribution in [0.4, 0.5) is 0 Å². The summed E-state index contributed by atoms with van der Waals surface area (Å²) in [5.74, 6) is 0. The van der Waals surface area contributed by atoms with E-state index in [9.17, 15) is 0 Å². The van der Waals surface area contributed by atoms with E-state index in [1.807, 2.05) is 0 Å². The predicted molar refractivity (Wildman–Crippen MR) is 108 cm³/mol. The predicted octanol–water partition coefficient (Wildman–Crippen LogP) is 7.09. The van der Waals surface area contributed by atoms with Crippen LogP contribution in [-0.2, 0) is 9.16 Å². The maximum Gasteiger partial charge on any atom is 0.192 e. The third-order valence-corrected chi connectivity index (χ3v) is 10.4. The minimum absolute atomic E-state index is 0.290. The molecular formula is C21H44O2Si. The third-order valence-electron chi connectivity index (χ3n) is 5.87. The number of epoxide rings is 1. The number of ether oxygens (including phenoxy) is 1. The second kappa shape index (κ2) is 11.0. The minimum Gasteiger partial charge on any atom is -0.411 e. The lowest BCUT2D eigenvalue weighted by Gasteiger charge is -2.39. The van der Waals surface area contributed by atoms with Gasteiger partial charge >= 0.3 is 0 Å². The van der Waals surface area contributed by atoms with Gasteiger partial charge in [0.2, 0.25) is 0 Å². The van der Waals surface area contributed by atoms with E-state index in [0.717, 1.165) is 6.61 Å². The van der Waals surface area contributed by atoms with Crippen molar-refractivity contribution < 1.29 is 9.16 Å². The third kappa shape index (κ3) is 9.01. The van der Waals surface area contributed by atoms with Crippen LogP contribution in [0.5, 0.6) is 0 Å². The molecule has 2 nitrogen and oxygen atoms in total. The lowest BCUT2D eigenvalue weighted by Crippen LogP contribution is -2.45. The van der Waals surface area contributed by atoms with Gasteiger partial charge in [-0.15, -0.1) is 0 Å². The van der Waals surface area contributed by atoms with Gasteiger partial charge in [0.05, 0.1) is 12.7 Å². The molecule has 0 unspecified atom stereocenters. The van der Waals surface area contributed by atoms with Gasteiger partial charge in [-0.05, 0) is 24.6 Å². The summed E-state index contributed by atoms with van der Waals surface area (Å²) < 4.78 is 12.2. The molecule has 0 aliphatic carbocycles. The molecule has 0 aromatic heterocycles.